The molecular formula is C12H20N4O3. The fraction of sp³-hybridized carbons (Fsp3) is 0.750. The minimum Gasteiger partial charge on any atom is -0.396 e. The predicted octanol–water partition coefficient (Wildman–Crippen LogP) is 0.386. The molecule has 1 aromatic rings. The summed E-state index contributed by atoms with van der Waals surface area (Å²) in [5, 5.41) is 18.3. The largest absolute Gasteiger partial charge is 0.396 e. The Labute approximate surface area is 111 Å². The molecule has 2 heterocycles. The van der Waals surface area contributed by atoms with Crippen LogP contribution in [0.3, 0.4) is 0 Å². The maximum absolute atomic E-state index is 11.7. The third kappa shape index (κ3) is 4.00. The van der Waals surface area contributed by atoms with Gasteiger partial charge in [-0.2, -0.15) is 4.98 Å². The van der Waals surface area contributed by atoms with Crippen LogP contribution in [-0.2, 0) is 0 Å². The van der Waals surface area contributed by atoms with Crippen molar-refractivity contribution in [3.8, 4) is 0 Å². The van der Waals surface area contributed by atoms with Gasteiger partial charge in [0.05, 0.1) is 6.04 Å². The summed E-state index contributed by atoms with van der Waals surface area (Å²) >= 11 is 0. The van der Waals surface area contributed by atoms with Crippen LogP contribution in [0.5, 0.6) is 0 Å². The van der Waals surface area contributed by atoms with Gasteiger partial charge in [0.25, 0.3) is 11.7 Å². The van der Waals surface area contributed by atoms with Gasteiger partial charge in [-0.05, 0) is 38.6 Å². The van der Waals surface area contributed by atoms with E-state index in [0.29, 0.717) is 12.4 Å². The number of carbonyl (C=O) groups excluding carboxylic acids is 1. The highest BCUT2D eigenvalue weighted by Gasteiger charge is 2.24. The second-order valence-electron chi connectivity index (χ2n) is 4.65. The third-order valence-electron chi connectivity index (χ3n) is 3.12. The number of hydrogen-bond donors (Lipinski definition) is 3. The fourth-order valence-corrected chi connectivity index (χ4v) is 2.06. The summed E-state index contributed by atoms with van der Waals surface area (Å²) in [6, 6.07) is 0.0820. The van der Waals surface area contributed by atoms with E-state index in [2.05, 4.69) is 20.8 Å². The van der Waals surface area contributed by atoms with Crippen LogP contribution >= 0.6 is 0 Å². The summed E-state index contributed by atoms with van der Waals surface area (Å²) in [4.78, 5) is 15.9. The van der Waals surface area contributed by atoms with Crippen molar-refractivity contribution in [3.05, 3.63) is 11.7 Å². The van der Waals surface area contributed by atoms with Crippen molar-refractivity contribution in [1.82, 2.24) is 20.8 Å². The highest BCUT2D eigenvalue weighted by Crippen LogP contribution is 2.20. The number of hydrogen-bond acceptors (Lipinski definition) is 6. The van der Waals surface area contributed by atoms with E-state index in [-0.39, 0.29) is 24.4 Å². The first-order valence-corrected chi connectivity index (χ1v) is 6.77. The molecule has 7 heteroatoms. The van der Waals surface area contributed by atoms with E-state index in [4.69, 9.17) is 9.63 Å². The van der Waals surface area contributed by atoms with Crippen LogP contribution in [0.4, 0.5) is 0 Å². The van der Waals surface area contributed by atoms with Crippen LogP contribution < -0.4 is 10.6 Å². The first-order valence-electron chi connectivity index (χ1n) is 6.77. The van der Waals surface area contributed by atoms with Crippen LogP contribution in [0.1, 0.15) is 54.7 Å². The van der Waals surface area contributed by atoms with Crippen molar-refractivity contribution >= 4 is 5.91 Å². The molecule has 1 aromatic heterocycles. The van der Waals surface area contributed by atoms with E-state index in [1.165, 1.54) is 0 Å². The number of aliphatic hydroxyl groups is 1. The van der Waals surface area contributed by atoms with Crippen molar-refractivity contribution in [2.45, 2.75) is 38.1 Å². The highest BCUT2D eigenvalue weighted by molar-refractivity contribution is 5.90. The lowest BCUT2D eigenvalue weighted by atomic mass is 10.2. The quantitative estimate of drug-likeness (QED) is 0.618. The molecule has 1 saturated heterocycles. The van der Waals surface area contributed by atoms with Gasteiger partial charge in [0, 0.05) is 13.2 Å². The molecule has 0 saturated carbocycles. The fourth-order valence-electron chi connectivity index (χ4n) is 2.06. The number of aliphatic hydroxyl groups excluding tert-OH is 1. The molecule has 2 rings (SSSR count). The number of nitrogens with zero attached hydrogens (tertiary/aromatic N) is 2. The molecule has 7 nitrogen and oxygen atoms in total. The van der Waals surface area contributed by atoms with Gasteiger partial charge in [-0.25, -0.2) is 0 Å². The van der Waals surface area contributed by atoms with Crippen molar-refractivity contribution in [3.63, 3.8) is 0 Å². The van der Waals surface area contributed by atoms with Crippen LogP contribution in [0.2, 0.25) is 0 Å². The van der Waals surface area contributed by atoms with Crippen LogP contribution in [0, 0.1) is 0 Å². The summed E-state index contributed by atoms with van der Waals surface area (Å²) in [6.07, 6.45) is 4.53. The molecule has 1 amide bonds. The molecule has 0 aliphatic carbocycles. The molecule has 0 bridgehead atoms. The Balaban J connectivity index is 1.76. The van der Waals surface area contributed by atoms with Crippen molar-refractivity contribution in [2.75, 3.05) is 19.7 Å². The smallest absolute Gasteiger partial charge is 0.292 e. The minimum atomic E-state index is -0.308. The van der Waals surface area contributed by atoms with Crippen molar-refractivity contribution in [1.29, 1.82) is 0 Å². The molecule has 1 atom stereocenters. The van der Waals surface area contributed by atoms with Gasteiger partial charge >= 0.3 is 0 Å². The molecule has 1 fully saturated rings. The number of carbonyl (C=O) groups is 1. The second-order valence-corrected chi connectivity index (χ2v) is 4.65. The normalized spacial score (nSPS) is 18.7. The van der Waals surface area contributed by atoms with Gasteiger partial charge in [-0.1, -0.05) is 5.16 Å². The van der Waals surface area contributed by atoms with Crippen molar-refractivity contribution < 1.29 is 14.4 Å². The molecule has 1 aliphatic rings. The second kappa shape index (κ2) is 7.20. The van der Waals surface area contributed by atoms with Crippen LogP contribution in [-0.4, -0.2) is 40.9 Å². The lowest BCUT2D eigenvalue weighted by Crippen LogP contribution is -2.25. The van der Waals surface area contributed by atoms with E-state index >= 15 is 0 Å². The highest BCUT2D eigenvalue weighted by atomic mass is 16.5. The Bertz CT molecular complexity index is 401. The molecule has 106 valence electrons. The van der Waals surface area contributed by atoms with E-state index in [0.717, 1.165) is 38.6 Å². The monoisotopic (exact) mass is 268 g/mol. The number of nitrogens with one attached hydrogen (secondary N) is 2. The molecule has 0 aromatic carbocycles. The summed E-state index contributed by atoms with van der Waals surface area (Å²) in [5.41, 5.74) is 0. The Morgan fingerprint density at radius 3 is 3.11 bits per heavy atom. The Hall–Kier alpha value is -1.47. The number of amides is 1. The van der Waals surface area contributed by atoms with E-state index in [1.54, 1.807) is 0 Å². The average molecular weight is 268 g/mol. The summed E-state index contributed by atoms with van der Waals surface area (Å²) in [5.74, 6) is 0.269. The van der Waals surface area contributed by atoms with Gasteiger partial charge in [0.2, 0.25) is 5.89 Å². The zero-order valence-electron chi connectivity index (χ0n) is 10.9. The molecule has 1 unspecified atom stereocenters. The van der Waals surface area contributed by atoms with Crippen LogP contribution in [0.25, 0.3) is 0 Å². The number of rotatable bonds is 7. The molecule has 3 N–H and O–H groups in total. The number of aromatic nitrogens is 2. The zero-order chi connectivity index (χ0) is 13.5. The van der Waals surface area contributed by atoms with Crippen LogP contribution in [0.15, 0.2) is 4.52 Å². The SMILES string of the molecule is O=C(NCCCCCO)c1noc(C2CCCN2)n1. The van der Waals surface area contributed by atoms with E-state index in [9.17, 15) is 4.79 Å². The summed E-state index contributed by atoms with van der Waals surface area (Å²) in [7, 11) is 0. The topological polar surface area (TPSA) is 100 Å². The summed E-state index contributed by atoms with van der Waals surface area (Å²) < 4.78 is 5.10. The van der Waals surface area contributed by atoms with Gasteiger partial charge in [0.15, 0.2) is 0 Å². The Kier molecular flexibility index (Phi) is 5.29. The predicted molar refractivity (Wildman–Crippen MR) is 67.5 cm³/mol. The molecular weight excluding hydrogens is 248 g/mol. The standard InChI is InChI=1S/C12H20N4O3/c17-8-3-1-2-6-14-11(18)10-15-12(19-16-10)9-5-4-7-13-9/h9,13,17H,1-8H2,(H,14,18). The lowest BCUT2D eigenvalue weighted by Gasteiger charge is -2.02. The maximum atomic E-state index is 11.7. The Morgan fingerprint density at radius 2 is 2.37 bits per heavy atom. The molecule has 0 spiro atoms. The number of unbranched alkanes of at least 4 members (excludes halogenated alkanes) is 2. The molecule has 19 heavy (non-hydrogen) atoms. The maximum Gasteiger partial charge on any atom is 0.292 e. The lowest BCUT2D eigenvalue weighted by molar-refractivity contribution is 0.0939. The van der Waals surface area contributed by atoms with Gasteiger partial charge in [-0.3, -0.25) is 4.79 Å². The van der Waals surface area contributed by atoms with Gasteiger partial charge in [0.1, 0.15) is 0 Å². The Morgan fingerprint density at radius 1 is 1.47 bits per heavy atom. The zero-order valence-corrected chi connectivity index (χ0v) is 10.9. The summed E-state index contributed by atoms with van der Waals surface area (Å²) in [6.45, 7) is 1.69. The average Bonchev–Trinajstić information content (AvgIpc) is 3.08. The first-order chi connectivity index (χ1) is 9.31. The van der Waals surface area contributed by atoms with E-state index < -0.39 is 0 Å². The molecule has 0 radical (unpaired) electrons. The van der Waals surface area contributed by atoms with Gasteiger partial charge < -0.3 is 20.3 Å². The van der Waals surface area contributed by atoms with Crippen molar-refractivity contribution in [2.24, 2.45) is 0 Å². The minimum absolute atomic E-state index is 0.0820. The first kappa shape index (κ1) is 14.0. The van der Waals surface area contributed by atoms with E-state index in [1.807, 2.05) is 0 Å². The molecule has 1 aliphatic heterocycles. The third-order valence-corrected chi connectivity index (χ3v) is 3.12. The van der Waals surface area contributed by atoms with Gasteiger partial charge in [-0.15, -0.1) is 0 Å².